The number of benzene rings is 3. The topological polar surface area (TPSA) is 72.2 Å². The van der Waals surface area contributed by atoms with Gasteiger partial charge in [-0.15, -0.1) is 10.2 Å². The summed E-state index contributed by atoms with van der Waals surface area (Å²) in [5, 5.41) is 13.4. The Balaban J connectivity index is 1.52. The minimum absolute atomic E-state index is 0.162. The number of nitrogens with zero attached hydrogens (tertiary/aromatic N) is 4. The maximum atomic E-state index is 12.3. The zero-order chi connectivity index (χ0) is 21.5. The van der Waals surface area contributed by atoms with Crippen LogP contribution in [0, 0.1) is 0 Å². The molecular weight excluding hydrogens is 474 g/mol. The molecule has 0 bridgehead atoms. The number of rotatable bonds is 7. The second-order valence-electron chi connectivity index (χ2n) is 6.48. The molecule has 4 rings (SSSR count). The van der Waals surface area contributed by atoms with E-state index in [0.717, 1.165) is 21.3 Å². The molecule has 154 valence electrons. The standard InChI is InChI=1S/C23H18BrN5OS/c24-19-11-7-10-18(14-19)22-27-28-23(29(22)20-12-5-2-6-13-20)31-16-21(30)26-25-15-17-8-3-1-4-9-17/h1-15H,16H2,(H,26,30)/b25-15+. The van der Waals surface area contributed by atoms with Gasteiger partial charge >= 0.3 is 0 Å². The summed E-state index contributed by atoms with van der Waals surface area (Å²) in [5.74, 6) is 0.650. The van der Waals surface area contributed by atoms with Crippen molar-refractivity contribution in [3.05, 3.63) is 95.0 Å². The lowest BCUT2D eigenvalue weighted by atomic mass is 10.2. The Labute approximate surface area is 192 Å². The summed E-state index contributed by atoms with van der Waals surface area (Å²) in [6.45, 7) is 0. The molecule has 6 nitrogen and oxygen atoms in total. The van der Waals surface area contributed by atoms with Crippen molar-refractivity contribution in [2.24, 2.45) is 5.10 Å². The molecule has 1 heterocycles. The van der Waals surface area contributed by atoms with Gasteiger partial charge < -0.3 is 0 Å². The van der Waals surface area contributed by atoms with Crippen molar-refractivity contribution >= 4 is 39.8 Å². The summed E-state index contributed by atoms with van der Waals surface area (Å²) in [5.41, 5.74) is 5.32. The number of thioether (sulfide) groups is 1. The fraction of sp³-hybridized carbons (Fsp3) is 0.0435. The van der Waals surface area contributed by atoms with Crippen molar-refractivity contribution in [1.82, 2.24) is 20.2 Å². The Morgan fingerprint density at radius 2 is 1.74 bits per heavy atom. The van der Waals surface area contributed by atoms with E-state index in [9.17, 15) is 4.79 Å². The number of aromatic nitrogens is 3. The molecule has 0 spiro atoms. The maximum absolute atomic E-state index is 12.3. The Hall–Kier alpha value is -3.23. The zero-order valence-corrected chi connectivity index (χ0v) is 18.8. The third-order valence-electron chi connectivity index (χ3n) is 4.27. The predicted molar refractivity (Wildman–Crippen MR) is 127 cm³/mol. The molecule has 0 aliphatic carbocycles. The predicted octanol–water partition coefficient (Wildman–Crippen LogP) is 4.94. The van der Waals surface area contributed by atoms with Crippen molar-refractivity contribution < 1.29 is 4.79 Å². The smallest absolute Gasteiger partial charge is 0.250 e. The van der Waals surface area contributed by atoms with E-state index in [1.54, 1.807) is 6.21 Å². The molecule has 0 saturated heterocycles. The largest absolute Gasteiger partial charge is 0.272 e. The van der Waals surface area contributed by atoms with Crippen molar-refractivity contribution in [1.29, 1.82) is 0 Å². The Morgan fingerprint density at radius 3 is 2.48 bits per heavy atom. The summed E-state index contributed by atoms with van der Waals surface area (Å²) in [7, 11) is 0. The van der Waals surface area contributed by atoms with E-state index in [1.165, 1.54) is 11.8 Å². The van der Waals surface area contributed by atoms with E-state index in [4.69, 9.17) is 0 Å². The Morgan fingerprint density at radius 1 is 1.00 bits per heavy atom. The van der Waals surface area contributed by atoms with Crippen LogP contribution in [0.2, 0.25) is 0 Å². The van der Waals surface area contributed by atoms with Gasteiger partial charge in [-0.05, 0) is 29.8 Å². The van der Waals surface area contributed by atoms with Crippen LogP contribution in [-0.2, 0) is 4.79 Å². The molecule has 0 radical (unpaired) electrons. The molecular formula is C23H18BrN5OS. The number of halogens is 1. The van der Waals surface area contributed by atoms with E-state index in [1.807, 2.05) is 89.5 Å². The minimum atomic E-state index is -0.219. The number of hydrogen-bond donors (Lipinski definition) is 1. The summed E-state index contributed by atoms with van der Waals surface area (Å²) in [4.78, 5) is 12.3. The van der Waals surface area contributed by atoms with Crippen LogP contribution in [0.15, 0.2) is 99.7 Å². The van der Waals surface area contributed by atoms with Crippen LogP contribution < -0.4 is 5.43 Å². The Bertz CT molecular complexity index is 1200. The number of amides is 1. The highest BCUT2D eigenvalue weighted by Crippen LogP contribution is 2.29. The fourth-order valence-corrected chi connectivity index (χ4v) is 4.01. The number of hydrogen-bond acceptors (Lipinski definition) is 5. The van der Waals surface area contributed by atoms with E-state index in [2.05, 4.69) is 36.7 Å². The van der Waals surface area contributed by atoms with Crippen LogP contribution in [-0.4, -0.2) is 32.6 Å². The number of nitrogens with one attached hydrogen (secondary N) is 1. The summed E-state index contributed by atoms with van der Waals surface area (Å²) in [6, 6.07) is 27.3. The van der Waals surface area contributed by atoms with Gasteiger partial charge in [0.25, 0.3) is 5.91 Å². The molecule has 8 heteroatoms. The first kappa shape index (κ1) is 21.0. The van der Waals surface area contributed by atoms with Crippen LogP contribution in [0.4, 0.5) is 0 Å². The summed E-state index contributed by atoms with van der Waals surface area (Å²) >= 11 is 4.82. The minimum Gasteiger partial charge on any atom is -0.272 e. The lowest BCUT2D eigenvalue weighted by Gasteiger charge is -2.10. The first-order chi connectivity index (χ1) is 15.2. The van der Waals surface area contributed by atoms with Crippen LogP contribution >= 0.6 is 27.7 Å². The van der Waals surface area contributed by atoms with Gasteiger partial charge in [-0.3, -0.25) is 9.36 Å². The second kappa shape index (κ2) is 10.2. The van der Waals surface area contributed by atoms with Gasteiger partial charge in [0.2, 0.25) is 0 Å². The molecule has 31 heavy (non-hydrogen) atoms. The van der Waals surface area contributed by atoms with Crippen LogP contribution in [0.25, 0.3) is 17.1 Å². The molecule has 0 saturated carbocycles. The van der Waals surface area contributed by atoms with Crippen molar-refractivity contribution in [2.75, 3.05) is 5.75 Å². The normalized spacial score (nSPS) is 11.0. The average Bonchev–Trinajstić information content (AvgIpc) is 3.23. The van der Waals surface area contributed by atoms with Gasteiger partial charge in [-0.25, -0.2) is 5.43 Å². The number of carbonyl (C=O) groups excluding carboxylic acids is 1. The first-order valence-corrected chi connectivity index (χ1v) is 11.2. The molecule has 0 unspecified atom stereocenters. The van der Waals surface area contributed by atoms with E-state index in [0.29, 0.717) is 11.0 Å². The van der Waals surface area contributed by atoms with Crippen LogP contribution in [0.1, 0.15) is 5.56 Å². The third-order valence-corrected chi connectivity index (χ3v) is 5.69. The third kappa shape index (κ3) is 5.48. The monoisotopic (exact) mass is 491 g/mol. The van der Waals surface area contributed by atoms with Gasteiger partial charge in [-0.1, -0.05) is 88.4 Å². The van der Waals surface area contributed by atoms with Gasteiger partial charge in [0.05, 0.1) is 12.0 Å². The van der Waals surface area contributed by atoms with Gasteiger partial charge in [0.1, 0.15) is 0 Å². The quantitative estimate of drug-likeness (QED) is 0.225. The summed E-state index contributed by atoms with van der Waals surface area (Å²) in [6.07, 6.45) is 1.61. The SMILES string of the molecule is O=C(CSc1nnc(-c2cccc(Br)c2)n1-c1ccccc1)N/N=C/c1ccccc1. The molecule has 0 fully saturated rings. The van der Waals surface area contributed by atoms with Gasteiger partial charge in [-0.2, -0.15) is 5.10 Å². The lowest BCUT2D eigenvalue weighted by molar-refractivity contribution is -0.118. The highest BCUT2D eigenvalue weighted by molar-refractivity contribution is 9.10. The second-order valence-corrected chi connectivity index (χ2v) is 8.34. The fourth-order valence-electron chi connectivity index (χ4n) is 2.87. The highest BCUT2D eigenvalue weighted by Gasteiger charge is 2.17. The first-order valence-electron chi connectivity index (χ1n) is 9.47. The van der Waals surface area contributed by atoms with E-state index < -0.39 is 0 Å². The van der Waals surface area contributed by atoms with Gasteiger partial charge in [0.15, 0.2) is 11.0 Å². The average molecular weight is 492 g/mol. The molecule has 1 aromatic heterocycles. The van der Waals surface area contributed by atoms with Gasteiger partial charge in [0, 0.05) is 15.7 Å². The molecule has 3 aromatic carbocycles. The lowest BCUT2D eigenvalue weighted by Crippen LogP contribution is -2.20. The van der Waals surface area contributed by atoms with Crippen molar-refractivity contribution in [2.45, 2.75) is 5.16 Å². The van der Waals surface area contributed by atoms with E-state index >= 15 is 0 Å². The van der Waals surface area contributed by atoms with Crippen molar-refractivity contribution in [3.63, 3.8) is 0 Å². The molecule has 4 aromatic rings. The Kier molecular flexibility index (Phi) is 6.91. The number of para-hydroxylation sites is 1. The summed E-state index contributed by atoms with van der Waals surface area (Å²) < 4.78 is 2.91. The molecule has 0 aliphatic heterocycles. The molecule has 0 aliphatic rings. The molecule has 0 atom stereocenters. The molecule has 1 amide bonds. The van der Waals surface area contributed by atoms with Crippen molar-refractivity contribution in [3.8, 4) is 17.1 Å². The molecule has 1 N–H and O–H groups in total. The van der Waals surface area contributed by atoms with E-state index in [-0.39, 0.29) is 11.7 Å². The highest BCUT2D eigenvalue weighted by atomic mass is 79.9. The maximum Gasteiger partial charge on any atom is 0.250 e. The zero-order valence-electron chi connectivity index (χ0n) is 16.4. The number of carbonyl (C=O) groups is 1. The van der Waals surface area contributed by atoms with Crippen LogP contribution in [0.5, 0.6) is 0 Å². The number of hydrazone groups is 1. The van der Waals surface area contributed by atoms with Crippen LogP contribution in [0.3, 0.4) is 0 Å².